The molecule has 2 rings (SSSR count). The lowest BCUT2D eigenvalue weighted by atomic mass is 10.2. The molecule has 6 heteroatoms. The number of rotatable bonds is 5. The Morgan fingerprint density at radius 3 is 2.87 bits per heavy atom. The summed E-state index contributed by atoms with van der Waals surface area (Å²) in [5.74, 6) is 0.599. The Morgan fingerprint density at radius 1 is 1.39 bits per heavy atom. The summed E-state index contributed by atoms with van der Waals surface area (Å²) in [7, 11) is 0. The molecule has 1 amide bonds. The van der Waals surface area contributed by atoms with Crippen LogP contribution < -0.4 is 10.6 Å². The maximum absolute atomic E-state index is 13.7. The summed E-state index contributed by atoms with van der Waals surface area (Å²) in [6.07, 6.45) is 1.43. The molecule has 0 aromatic heterocycles. The molecule has 0 spiro atoms. The number of carbonyl (C=O) groups excluding carboxylic acids is 1. The van der Waals surface area contributed by atoms with Crippen molar-refractivity contribution in [2.45, 2.75) is 39.3 Å². The van der Waals surface area contributed by atoms with Crippen molar-refractivity contribution in [3.8, 4) is 0 Å². The zero-order valence-corrected chi connectivity index (χ0v) is 13.8. The van der Waals surface area contributed by atoms with Crippen molar-refractivity contribution < 1.29 is 9.18 Å². The number of likely N-dealkylation sites (tertiary alicyclic amines) is 1. The monoisotopic (exact) mass is 320 g/mol. The molecule has 1 heterocycles. The maximum atomic E-state index is 13.7. The van der Waals surface area contributed by atoms with Crippen LogP contribution in [0.2, 0.25) is 0 Å². The van der Waals surface area contributed by atoms with Crippen LogP contribution in [0, 0.1) is 5.82 Å². The van der Waals surface area contributed by atoms with Crippen LogP contribution in [0.3, 0.4) is 0 Å². The predicted octanol–water partition coefficient (Wildman–Crippen LogP) is 1.89. The molecule has 1 aliphatic rings. The molecule has 0 aliphatic carbocycles. The second kappa shape index (κ2) is 8.50. The van der Waals surface area contributed by atoms with Crippen molar-refractivity contribution >= 4 is 11.9 Å². The van der Waals surface area contributed by atoms with E-state index in [4.69, 9.17) is 0 Å². The molecular weight excluding hydrogens is 295 g/mol. The second-order valence-electron chi connectivity index (χ2n) is 5.61. The smallest absolute Gasteiger partial charge is 0.222 e. The first kappa shape index (κ1) is 17.2. The molecule has 1 fully saturated rings. The Bertz CT molecular complexity index is 561. The number of amides is 1. The van der Waals surface area contributed by atoms with Crippen molar-refractivity contribution in [3.05, 3.63) is 35.6 Å². The fourth-order valence-corrected chi connectivity index (χ4v) is 2.63. The molecule has 1 saturated heterocycles. The van der Waals surface area contributed by atoms with E-state index in [1.165, 1.54) is 6.07 Å². The average molecular weight is 320 g/mol. The molecule has 1 unspecified atom stereocenters. The molecular formula is C17H25FN4O. The lowest BCUT2D eigenvalue weighted by Gasteiger charge is -2.18. The number of guanidine groups is 1. The Balaban J connectivity index is 1.95. The highest BCUT2D eigenvalue weighted by atomic mass is 19.1. The lowest BCUT2D eigenvalue weighted by Crippen LogP contribution is -2.45. The van der Waals surface area contributed by atoms with E-state index in [1.54, 1.807) is 18.2 Å². The van der Waals surface area contributed by atoms with Crippen molar-refractivity contribution in [2.24, 2.45) is 4.99 Å². The summed E-state index contributed by atoms with van der Waals surface area (Å²) in [6.45, 7) is 6.35. The van der Waals surface area contributed by atoms with Crippen molar-refractivity contribution in [3.63, 3.8) is 0 Å². The summed E-state index contributed by atoms with van der Waals surface area (Å²) in [4.78, 5) is 18.1. The minimum absolute atomic E-state index is 0.183. The van der Waals surface area contributed by atoms with Gasteiger partial charge >= 0.3 is 0 Å². The summed E-state index contributed by atoms with van der Waals surface area (Å²) < 4.78 is 13.7. The van der Waals surface area contributed by atoms with Crippen LogP contribution in [0.5, 0.6) is 0 Å². The van der Waals surface area contributed by atoms with Gasteiger partial charge in [0.05, 0.1) is 6.54 Å². The fourth-order valence-electron chi connectivity index (χ4n) is 2.63. The van der Waals surface area contributed by atoms with Crippen LogP contribution in [0.15, 0.2) is 29.3 Å². The molecule has 1 atom stereocenters. The van der Waals surface area contributed by atoms with Crippen LogP contribution >= 0.6 is 0 Å². The zero-order chi connectivity index (χ0) is 16.7. The number of benzene rings is 1. The Morgan fingerprint density at radius 2 is 2.17 bits per heavy atom. The third-order valence-electron chi connectivity index (χ3n) is 3.89. The van der Waals surface area contributed by atoms with E-state index in [9.17, 15) is 9.18 Å². The van der Waals surface area contributed by atoms with Gasteiger partial charge in [0, 0.05) is 37.7 Å². The van der Waals surface area contributed by atoms with Gasteiger partial charge in [0.25, 0.3) is 0 Å². The topological polar surface area (TPSA) is 56.7 Å². The molecule has 126 valence electrons. The van der Waals surface area contributed by atoms with E-state index >= 15 is 0 Å². The van der Waals surface area contributed by atoms with Gasteiger partial charge in [-0.1, -0.05) is 25.1 Å². The second-order valence-corrected chi connectivity index (χ2v) is 5.61. The predicted molar refractivity (Wildman–Crippen MR) is 89.6 cm³/mol. The molecule has 0 bridgehead atoms. The van der Waals surface area contributed by atoms with E-state index in [0.717, 1.165) is 19.5 Å². The number of aliphatic imine (C=N–C) groups is 1. The Kier molecular flexibility index (Phi) is 6.38. The van der Waals surface area contributed by atoms with E-state index < -0.39 is 0 Å². The van der Waals surface area contributed by atoms with Crippen LogP contribution in [-0.2, 0) is 11.3 Å². The van der Waals surface area contributed by atoms with Crippen LogP contribution in [0.1, 0.15) is 32.3 Å². The molecule has 1 aliphatic heterocycles. The Hall–Kier alpha value is -2.11. The third-order valence-corrected chi connectivity index (χ3v) is 3.89. The number of nitrogens with zero attached hydrogens (tertiary/aromatic N) is 2. The van der Waals surface area contributed by atoms with E-state index in [0.29, 0.717) is 24.5 Å². The van der Waals surface area contributed by atoms with E-state index in [-0.39, 0.29) is 24.3 Å². The molecule has 0 saturated carbocycles. The van der Waals surface area contributed by atoms with Gasteiger partial charge in [-0.25, -0.2) is 9.38 Å². The highest BCUT2D eigenvalue weighted by Gasteiger charge is 2.25. The Labute approximate surface area is 137 Å². The van der Waals surface area contributed by atoms with E-state index in [1.807, 2.05) is 18.7 Å². The number of hydrogen-bond donors (Lipinski definition) is 2. The average Bonchev–Trinajstić information content (AvgIpc) is 3.02. The maximum Gasteiger partial charge on any atom is 0.222 e. The van der Waals surface area contributed by atoms with Crippen molar-refractivity contribution in [2.75, 3.05) is 19.6 Å². The quantitative estimate of drug-likeness (QED) is 0.643. The number of hydrogen-bond acceptors (Lipinski definition) is 2. The van der Waals surface area contributed by atoms with Gasteiger partial charge in [0.15, 0.2) is 5.96 Å². The molecule has 1 aromatic carbocycles. The lowest BCUT2D eigenvalue weighted by molar-refractivity contribution is -0.129. The summed E-state index contributed by atoms with van der Waals surface area (Å²) >= 11 is 0. The highest BCUT2D eigenvalue weighted by molar-refractivity contribution is 5.80. The van der Waals surface area contributed by atoms with Crippen LogP contribution in [0.4, 0.5) is 4.39 Å². The first-order valence-electron chi connectivity index (χ1n) is 8.20. The largest absolute Gasteiger partial charge is 0.357 e. The zero-order valence-electron chi connectivity index (χ0n) is 13.8. The molecule has 23 heavy (non-hydrogen) atoms. The number of halogens is 1. The fraction of sp³-hybridized carbons (Fsp3) is 0.529. The normalized spacial score (nSPS) is 18.1. The van der Waals surface area contributed by atoms with Gasteiger partial charge in [0.1, 0.15) is 5.82 Å². The molecule has 1 aromatic rings. The third kappa shape index (κ3) is 4.94. The van der Waals surface area contributed by atoms with Crippen molar-refractivity contribution in [1.82, 2.24) is 15.5 Å². The van der Waals surface area contributed by atoms with Crippen LogP contribution in [0.25, 0.3) is 0 Å². The van der Waals surface area contributed by atoms with Gasteiger partial charge in [-0.15, -0.1) is 0 Å². The highest BCUT2D eigenvalue weighted by Crippen LogP contribution is 2.11. The van der Waals surface area contributed by atoms with Crippen LogP contribution in [-0.4, -0.2) is 42.4 Å². The van der Waals surface area contributed by atoms with Crippen molar-refractivity contribution in [1.29, 1.82) is 0 Å². The summed E-state index contributed by atoms with van der Waals surface area (Å²) in [5, 5.41) is 6.51. The molecule has 2 N–H and O–H groups in total. The first-order valence-corrected chi connectivity index (χ1v) is 8.20. The van der Waals surface area contributed by atoms with Gasteiger partial charge in [-0.2, -0.15) is 0 Å². The first-order chi connectivity index (χ1) is 11.1. The van der Waals surface area contributed by atoms with Gasteiger partial charge in [-0.3, -0.25) is 4.79 Å². The van der Waals surface area contributed by atoms with E-state index in [2.05, 4.69) is 15.6 Å². The minimum atomic E-state index is -0.243. The minimum Gasteiger partial charge on any atom is -0.357 e. The van der Waals surface area contributed by atoms with Gasteiger partial charge in [-0.05, 0) is 19.4 Å². The summed E-state index contributed by atoms with van der Waals surface area (Å²) in [5.41, 5.74) is 0.568. The SMILES string of the molecule is CCNC(=NCc1ccccc1F)NC1CCN(C(=O)CC)C1. The summed E-state index contributed by atoms with van der Waals surface area (Å²) in [6, 6.07) is 6.84. The molecule has 0 radical (unpaired) electrons. The standard InChI is InChI=1S/C17H25FN4O/c1-3-16(23)22-10-9-14(12-22)21-17(19-4-2)20-11-13-7-5-6-8-15(13)18/h5-8,14H,3-4,9-12H2,1-2H3,(H2,19,20,21). The van der Waals surface area contributed by atoms with Gasteiger partial charge in [0.2, 0.25) is 5.91 Å². The number of nitrogens with one attached hydrogen (secondary N) is 2. The molecule has 5 nitrogen and oxygen atoms in total. The van der Waals surface area contributed by atoms with Gasteiger partial charge < -0.3 is 15.5 Å². The number of carbonyl (C=O) groups is 1.